The molecule has 0 aliphatic carbocycles. The molecule has 0 radical (unpaired) electrons. The average molecular weight is 508 g/mol. The summed E-state index contributed by atoms with van der Waals surface area (Å²) in [5.74, 6) is 0.0481. The highest BCUT2D eigenvalue weighted by Gasteiger charge is 2.29. The van der Waals surface area contributed by atoms with Crippen molar-refractivity contribution in [3.8, 4) is 22.5 Å². The van der Waals surface area contributed by atoms with Crippen LogP contribution in [0.4, 0.5) is 5.69 Å². The van der Waals surface area contributed by atoms with Crippen LogP contribution in [0.1, 0.15) is 31.4 Å². The van der Waals surface area contributed by atoms with E-state index in [1.165, 1.54) is 0 Å². The fourth-order valence-corrected chi connectivity index (χ4v) is 4.53. The van der Waals surface area contributed by atoms with Crippen LogP contribution in [0.5, 0.6) is 0 Å². The van der Waals surface area contributed by atoms with E-state index in [1.54, 1.807) is 24.8 Å². The van der Waals surface area contributed by atoms with E-state index in [2.05, 4.69) is 25.9 Å². The van der Waals surface area contributed by atoms with Gasteiger partial charge in [0.15, 0.2) is 0 Å². The van der Waals surface area contributed by atoms with Gasteiger partial charge in [-0.2, -0.15) is 5.21 Å². The Morgan fingerprint density at radius 3 is 2.45 bits per heavy atom. The van der Waals surface area contributed by atoms with Crippen LogP contribution in [-0.4, -0.2) is 44.0 Å². The summed E-state index contributed by atoms with van der Waals surface area (Å²) in [5.41, 5.74) is 10.8. The summed E-state index contributed by atoms with van der Waals surface area (Å²) >= 11 is 0. The molecule has 2 amide bonds. The van der Waals surface area contributed by atoms with Gasteiger partial charge >= 0.3 is 0 Å². The first-order valence-corrected chi connectivity index (χ1v) is 12.4. The molecule has 9 heteroatoms. The van der Waals surface area contributed by atoms with Crippen LogP contribution in [0.2, 0.25) is 0 Å². The first kappa shape index (κ1) is 25.0. The highest BCUT2D eigenvalue weighted by atomic mass is 16.2. The lowest BCUT2D eigenvalue weighted by Gasteiger charge is -2.27. The van der Waals surface area contributed by atoms with Crippen molar-refractivity contribution in [3.05, 3.63) is 90.0 Å². The molecule has 2 heterocycles. The maximum atomic E-state index is 13.7. The Bertz CT molecular complexity index is 1470. The maximum Gasteiger partial charge on any atom is 0.253 e. The van der Waals surface area contributed by atoms with Crippen LogP contribution in [-0.2, 0) is 16.1 Å². The summed E-state index contributed by atoms with van der Waals surface area (Å²) in [6.45, 7) is 3.91. The standard InChI is InChI=1S/C29H29N7O2/c1-29(2,30)17-26(37)31-24-16-15-21-7-3-6-10-25(21)36(28(24)38)18-19-11-13-20(14-12-19)22-8-4-5-9-23(22)27-32-34-35-33-27/h3-16,24H,17-18,30H2,1-2H3,(H,31,37)(H,32,33,34,35)/t24-/m1/s1. The molecule has 0 bridgehead atoms. The van der Waals surface area contributed by atoms with Crippen molar-refractivity contribution < 1.29 is 9.59 Å². The number of fused-ring (bicyclic) bond motifs is 1. The molecule has 38 heavy (non-hydrogen) atoms. The molecule has 1 aliphatic rings. The molecule has 3 aromatic carbocycles. The van der Waals surface area contributed by atoms with E-state index in [0.717, 1.165) is 33.5 Å². The van der Waals surface area contributed by atoms with Gasteiger partial charge < -0.3 is 16.0 Å². The number of tetrazole rings is 1. The Labute approximate surface area is 220 Å². The van der Waals surface area contributed by atoms with Crippen molar-refractivity contribution in [1.29, 1.82) is 0 Å². The normalized spacial score (nSPS) is 15.2. The molecule has 0 saturated heterocycles. The summed E-state index contributed by atoms with van der Waals surface area (Å²) in [5, 5.41) is 17.3. The van der Waals surface area contributed by atoms with Gasteiger partial charge in [-0.3, -0.25) is 9.59 Å². The number of aromatic nitrogens is 4. The molecule has 4 N–H and O–H groups in total. The number of nitrogens with two attached hydrogens (primary N) is 1. The number of H-pyrrole nitrogens is 1. The number of benzene rings is 3. The number of carbonyl (C=O) groups is 2. The monoisotopic (exact) mass is 507 g/mol. The van der Waals surface area contributed by atoms with E-state index in [1.807, 2.05) is 78.9 Å². The minimum Gasteiger partial charge on any atom is -0.341 e. The third-order valence-corrected chi connectivity index (χ3v) is 6.28. The second-order valence-corrected chi connectivity index (χ2v) is 10.0. The number of hydrogen-bond acceptors (Lipinski definition) is 6. The SMILES string of the molecule is CC(C)(N)CC(=O)N[C@@H]1C=Cc2ccccc2N(Cc2ccc(-c3ccccc3-c3nn[nH]n3)cc2)C1=O. The largest absolute Gasteiger partial charge is 0.341 e. The predicted octanol–water partition coefficient (Wildman–Crippen LogP) is 3.71. The van der Waals surface area contributed by atoms with Gasteiger partial charge in [0.1, 0.15) is 6.04 Å². The summed E-state index contributed by atoms with van der Waals surface area (Å²) in [7, 11) is 0. The summed E-state index contributed by atoms with van der Waals surface area (Å²) in [6.07, 6.45) is 3.73. The molecule has 1 atom stereocenters. The van der Waals surface area contributed by atoms with Crippen molar-refractivity contribution >= 4 is 23.6 Å². The zero-order valence-corrected chi connectivity index (χ0v) is 21.3. The quantitative estimate of drug-likeness (QED) is 0.350. The van der Waals surface area contributed by atoms with Crippen LogP contribution in [0.3, 0.4) is 0 Å². The van der Waals surface area contributed by atoms with Gasteiger partial charge in [-0.25, -0.2) is 0 Å². The number of carbonyl (C=O) groups excluding carboxylic acids is 2. The van der Waals surface area contributed by atoms with E-state index < -0.39 is 11.6 Å². The van der Waals surface area contributed by atoms with Crippen molar-refractivity contribution in [1.82, 2.24) is 25.9 Å². The third-order valence-electron chi connectivity index (χ3n) is 6.28. The predicted molar refractivity (Wildman–Crippen MR) is 147 cm³/mol. The lowest BCUT2D eigenvalue weighted by Crippen LogP contribution is -2.49. The Morgan fingerprint density at radius 1 is 1.03 bits per heavy atom. The van der Waals surface area contributed by atoms with Crippen LogP contribution >= 0.6 is 0 Å². The molecule has 9 nitrogen and oxygen atoms in total. The molecule has 0 fully saturated rings. The number of nitrogens with zero attached hydrogens (tertiary/aromatic N) is 4. The van der Waals surface area contributed by atoms with Crippen molar-refractivity contribution in [2.75, 3.05) is 4.90 Å². The van der Waals surface area contributed by atoms with Gasteiger partial charge in [-0.15, -0.1) is 10.2 Å². The zero-order chi connectivity index (χ0) is 26.7. The number of nitrogens with one attached hydrogen (secondary N) is 2. The van der Waals surface area contributed by atoms with E-state index in [0.29, 0.717) is 12.4 Å². The van der Waals surface area contributed by atoms with Gasteiger partial charge in [-0.05, 0) is 47.4 Å². The molecular formula is C29H29N7O2. The van der Waals surface area contributed by atoms with E-state index >= 15 is 0 Å². The number of rotatable bonds is 7. The summed E-state index contributed by atoms with van der Waals surface area (Å²) < 4.78 is 0. The number of anilines is 1. The average Bonchev–Trinajstić information content (AvgIpc) is 3.40. The van der Waals surface area contributed by atoms with Gasteiger partial charge in [0, 0.05) is 17.5 Å². The van der Waals surface area contributed by atoms with E-state index in [-0.39, 0.29) is 18.2 Å². The third kappa shape index (κ3) is 5.52. The van der Waals surface area contributed by atoms with Crippen LogP contribution in [0, 0.1) is 0 Å². The minimum atomic E-state index is -0.793. The highest BCUT2D eigenvalue weighted by Crippen LogP contribution is 2.31. The fraction of sp³-hybridized carbons (Fsp3) is 0.207. The van der Waals surface area contributed by atoms with Crippen molar-refractivity contribution in [2.45, 2.75) is 38.4 Å². The lowest BCUT2D eigenvalue weighted by molar-refractivity contribution is -0.127. The van der Waals surface area contributed by atoms with E-state index in [9.17, 15) is 9.59 Å². The molecule has 5 rings (SSSR count). The number of para-hydroxylation sites is 1. The highest BCUT2D eigenvalue weighted by molar-refractivity contribution is 6.03. The fourth-order valence-electron chi connectivity index (χ4n) is 4.53. The van der Waals surface area contributed by atoms with Crippen LogP contribution in [0.15, 0.2) is 78.9 Å². The Balaban J connectivity index is 1.41. The van der Waals surface area contributed by atoms with E-state index in [4.69, 9.17) is 5.73 Å². The molecule has 1 aromatic heterocycles. The first-order valence-electron chi connectivity index (χ1n) is 12.4. The molecular weight excluding hydrogens is 478 g/mol. The summed E-state index contributed by atoms with van der Waals surface area (Å²) in [6, 6.07) is 22.8. The van der Waals surface area contributed by atoms with Gasteiger partial charge in [-0.1, -0.05) is 78.9 Å². The smallest absolute Gasteiger partial charge is 0.253 e. The van der Waals surface area contributed by atoms with Gasteiger partial charge in [0.25, 0.3) is 5.91 Å². The first-order chi connectivity index (χ1) is 18.3. The van der Waals surface area contributed by atoms with Crippen molar-refractivity contribution in [3.63, 3.8) is 0 Å². The number of amides is 2. The minimum absolute atomic E-state index is 0.115. The Morgan fingerprint density at radius 2 is 1.74 bits per heavy atom. The number of aromatic amines is 1. The second-order valence-electron chi connectivity index (χ2n) is 10.0. The molecule has 1 aliphatic heterocycles. The number of hydrogen-bond donors (Lipinski definition) is 3. The summed E-state index contributed by atoms with van der Waals surface area (Å²) in [4.78, 5) is 28.0. The van der Waals surface area contributed by atoms with Crippen molar-refractivity contribution in [2.24, 2.45) is 5.73 Å². The molecule has 4 aromatic rings. The lowest BCUT2D eigenvalue weighted by atomic mass is 9.98. The molecule has 0 spiro atoms. The Hall–Kier alpha value is -4.63. The second kappa shape index (κ2) is 10.4. The maximum absolute atomic E-state index is 13.7. The van der Waals surface area contributed by atoms with Crippen LogP contribution < -0.4 is 16.0 Å². The topological polar surface area (TPSA) is 130 Å². The Kier molecular flexibility index (Phi) is 6.85. The van der Waals surface area contributed by atoms with Crippen LogP contribution in [0.25, 0.3) is 28.6 Å². The molecule has 192 valence electrons. The zero-order valence-electron chi connectivity index (χ0n) is 21.3. The van der Waals surface area contributed by atoms with Gasteiger partial charge in [0.2, 0.25) is 11.7 Å². The molecule has 0 unspecified atom stereocenters. The molecule has 0 saturated carbocycles. The van der Waals surface area contributed by atoms with Gasteiger partial charge in [0.05, 0.1) is 12.2 Å².